The van der Waals surface area contributed by atoms with Gasteiger partial charge in [0, 0.05) is 18.3 Å². The molecule has 1 aromatic carbocycles. The number of hydrogen-bond acceptors (Lipinski definition) is 5. The van der Waals surface area contributed by atoms with E-state index in [4.69, 9.17) is 4.98 Å². The number of aromatic amines is 1. The van der Waals surface area contributed by atoms with Gasteiger partial charge in [-0.2, -0.15) is 21.8 Å². The van der Waals surface area contributed by atoms with Crippen LogP contribution >= 0.6 is 11.8 Å². The third kappa shape index (κ3) is 2.58. The molecule has 1 N–H and O–H groups in total. The molecule has 1 aliphatic rings. The highest BCUT2D eigenvalue weighted by Gasteiger charge is 2.26. The summed E-state index contributed by atoms with van der Waals surface area (Å²) in [6, 6.07) is 10.2. The van der Waals surface area contributed by atoms with Crippen molar-refractivity contribution in [2.24, 2.45) is 0 Å². The lowest BCUT2D eigenvalue weighted by Gasteiger charge is -2.24. The van der Waals surface area contributed by atoms with Crippen LogP contribution in [-0.4, -0.2) is 44.3 Å². The van der Waals surface area contributed by atoms with E-state index in [1.165, 1.54) is 0 Å². The summed E-state index contributed by atoms with van der Waals surface area (Å²) < 4.78 is 1.73. The quantitative estimate of drug-likeness (QED) is 0.789. The van der Waals surface area contributed by atoms with Gasteiger partial charge in [0.2, 0.25) is 5.95 Å². The van der Waals surface area contributed by atoms with Gasteiger partial charge in [-0.1, -0.05) is 18.2 Å². The Bertz CT molecular complexity index is 904. The van der Waals surface area contributed by atoms with Crippen molar-refractivity contribution in [1.29, 1.82) is 0 Å². The van der Waals surface area contributed by atoms with Gasteiger partial charge in [0.1, 0.15) is 5.39 Å². The first kappa shape index (κ1) is 15.3. The summed E-state index contributed by atoms with van der Waals surface area (Å²) in [5, 5.41) is 4.88. The standard InChI is InChI=1S/C17H19N5OS/c1-24-11-13-8-5-9-21(13)17-19-15-14(16(23)20-17)10-18-22(15)12-6-3-2-4-7-12/h2-4,6-7,10,13H,5,8-9,11H2,1H3,(H,19,20,23). The molecule has 1 saturated heterocycles. The van der Waals surface area contributed by atoms with Gasteiger partial charge in [-0.05, 0) is 31.2 Å². The second-order valence-corrected chi connectivity index (χ2v) is 6.87. The fourth-order valence-corrected chi connectivity index (χ4v) is 4.01. The Labute approximate surface area is 143 Å². The molecule has 6 nitrogen and oxygen atoms in total. The summed E-state index contributed by atoms with van der Waals surface area (Å²) in [4.78, 5) is 22.4. The molecule has 4 rings (SSSR count). The number of anilines is 1. The van der Waals surface area contributed by atoms with Crippen LogP contribution in [0.15, 0.2) is 41.3 Å². The highest BCUT2D eigenvalue weighted by Crippen LogP contribution is 2.25. The molecule has 2 aromatic heterocycles. The summed E-state index contributed by atoms with van der Waals surface area (Å²) in [6.45, 7) is 0.930. The van der Waals surface area contributed by atoms with Gasteiger partial charge < -0.3 is 4.90 Å². The van der Waals surface area contributed by atoms with Crippen LogP contribution < -0.4 is 10.5 Å². The number of nitrogens with one attached hydrogen (secondary N) is 1. The van der Waals surface area contributed by atoms with Crippen molar-refractivity contribution in [3.63, 3.8) is 0 Å². The Morgan fingerprint density at radius 3 is 2.96 bits per heavy atom. The summed E-state index contributed by atoms with van der Waals surface area (Å²) in [7, 11) is 0. The Hall–Kier alpha value is -2.28. The minimum atomic E-state index is -0.132. The van der Waals surface area contributed by atoms with Crippen molar-refractivity contribution in [1.82, 2.24) is 19.7 Å². The Morgan fingerprint density at radius 2 is 2.17 bits per heavy atom. The van der Waals surface area contributed by atoms with Gasteiger partial charge in [-0.3, -0.25) is 9.78 Å². The molecule has 1 fully saturated rings. The van der Waals surface area contributed by atoms with E-state index >= 15 is 0 Å². The van der Waals surface area contributed by atoms with E-state index in [1.54, 1.807) is 10.9 Å². The van der Waals surface area contributed by atoms with Crippen LogP contribution in [0.1, 0.15) is 12.8 Å². The lowest BCUT2D eigenvalue weighted by atomic mass is 10.2. The molecule has 0 radical (unpaired) electrons. The zero-order valence-electron chi connectivity index (χ0n) is 13.5. The van der Waals surface area contributed by atoms with E-state index in [0.717, 1.165) is 30.8 Å². The summed E-state index contributed by atoms with van der Waals surface area (Å²) in [6.07, 6.45) is 5.97. The SMILES string of the molecule is CSCC1CCCN1c1nc2c(cnn2-c2ccccc2)c(=O)[nH]1. The molecule has 24 heavy (non-hydrogen) atoms. The van der Waals surface area contributed by atoms with Crippen molar-refractivity contribution >= 4 is 28.7 Å². The fourth-order valence-electron chi connectivity index (χ4n) is 3.28. The molecule has 7 heteroatoms. The first-order valence-corrected chi connectivity index (χ1v) is 9.46. The average molecular weight is 341 g/mol. The van der Waals surface area contributed by atoms with Crippen LogP contribution in [0, 0.1) is 0 Å². The maximum atomic E-state index is 12.5. The zero-order valence-corrected chi connectivity index (χ0v) is 14.3. The number of fused-ring (bicyclic) bond motifs is 1. The molecule has 3 heterocycles. The van der Waals surface area contributed by atoms with Gasteiger partial charge in [0.15, 0.2) is 5.65 Å². The molecule has 1 unspecified atom stereocenters. The van der Waals surface area contributed by atoms with Crippen molar-refractivity contribution in [3.05, 3.63) is 46.9 Å². The number of thioether (sulfide) groups is 1. The normalized spacial score (nSPS) is 17.7. The number of H-pyrrole nitrogens is 1. The molecule has 0 saturated carbocycles. The second-order valence-electron chi connectivity index (χ2n) is 5.96. The number of para-hydroxylation sites is 1. The monoisotopic (exact) mass is 341 g/mol. The van der Waals surface area contributed by atoms with E-state index in [0.29, 0.717) is 23.0 Å². The molecule has 3 aromatic rings. The van der Waals surface area contributed by atoms with Crippen LogP contribution in [-0.2, 0) is 0 Å². The van der Waals surface area contributed by atoms with E-state index in [2.05, 4.69) is 21.2 Å². The lowest BCUT2D eigenvalue weighted by Crippen LogP contribution is -2.34. The molecule has 0 aliphatic carbocycles. The predicted molar refractivity (Wildman–Crippen MR) is 98.2 cm³/mol. The zero-order chi connectivity index (χ0) is 16.5. The fraction of sp³-hybridized carbons (Fsp3) is 0.353. The molecular weight excluding hydrogens is 322 g/mol. The van der Waals surface area contributed by atoms with Crippen LogP contribution in [0.2, 0.25) is 0 Å². The van der Waals surface area contributed by atoms with E-state index in [-0.39, 0.29) is 5.56 Å². The van der Waals surface area contributed by atoms with Gasteiger partial charge in [0.25, 0.3) is 5.56 Å². The number of aromatic nitrogens is 4. The summed E-state index contributed by atoms with van der Waals surface area (Å²) in [5.41, 5.74) is 1.38. The lowest BCUT2D eigenvalue weighted by molar-refractivity contribution is 0.726. The van der Waals surface area contributed by atoms with E-state index in [9.17, 15) is 4.79 Å². The molecule has 124 valence electrons. The maximum Gasteiger partial charge on any atom is 0.263 e. The van der Waals surface area contributed by atoms with E-state index in [1.807, 2.05) is 42.1 Å². The largest absolute Gasteiger partial charge is 0.338 e. The van der Waals surface area contributed by atoms with Gasteiger partial charge in [0.05, 0.1) is 11.9 Å². The van der Waals surface area contributed by atoms with Crippen LogP contribution in [0.3, 0.4) is 0 Å². The van der Waals surface area contributed by atoms with Gasteiger partial charge in [-0.25, -0.2) is 4.68 Å². The third-order valence-electron chi connectivity index (χ3n) is 4.43. The van der Waals surface area contributed by atoms with Gasteiger partial charge >= 0.3 is 0 Å². The molecule has 0 spiro atoms. The maximum absolute atomic E-state index is 12.5. The van der Waals surface area contributed by atoms with Crippen LogP contribution in [0.25, 0.3) is 16.7 Å². The summed E-state index contributed by atoms with van der Waals surface area (Å²) in [5.74, 6) is 1.70. The molecule has 0 amide bonds. The number of hydrogen-bond donors (Lipinski definition) is 1. The molecule has 0 bridgehead atoms. The van der Waals surface area contributed by atoms with Crippen LogP contribution in [0.5, 0.6) is 0 Å². The highest BCUT2D eigenvalue weighted by atomic mass is 32.2. The molecule has 1 atom stereocenters. The van der Waals surface area contributed by atoms with Crippen molar-refractivity contribution in [2.45, 2.75) is 18.9 Å². The predicted octanol–water partition coefficient (Wildman–Crippen LogP) is 2.44. The Morgan fingerprint density at radius 1 is 1.33 bits per heavy atom. The molecule has 1 aliphatic heterocycles. The first-order chi connectivity index (χ1) is 11.8. The molecular formula is C17H19N5OS. The Balaban J connectivity index is 1.83. The smallest absolute Gasteiger partial charge is 0.263 e. The Kier molecular flexibility index (Phi) is 4.02. The van der Waals surface area contributed by atoms with Crippen molar-refractivity contribution in [2.75, 3.05) is 23.5 Å². The van der Waals surface area contributed by atoms with Crippen LogP contribution in [0.4, 0.5) is 5.95 Å². The topological polar surface area (TPSA) is 66.8 Å². The third-order valence-corrected chi connectivity index (χ3v) is 5.15. The first-order valence-electron chi connectivity index (χ1n) is 8.07. The highest BCUT2D eigenvalue weighted by molar-refractivity contribution is 7.98. The van der Waals surface area contributed by atoms with Crippen molar-refractivity contribution < 1.29 is 0 Å². The minimum absolute atomic E-state index is 0.132. The summed E-state index contributed by atoms with van der Waals surface area (Å²) >= 11 is 1.83. The average Bonchev–Trinajstić information content (AvgIpc) is 3.23. The van der Waals surface area contributed by atoms with Crippen molar-refractivity contribution in [3.8, 4) is 5.69 Å². The number of benzene rings is 1. The second kappa shape index (κ2) is 6.32. The van der Waals surface area contributed by atoms with Gasteiger partial charge in [-0.15, -0.1) is 0 Å². The van der Waals surface area contributed by atoms with E-state index < -0.39 is 0 Å². The number of rotatable bonds is 4. The number of nitrogens with zero attached hydrogens (tertiary/aromatic N) is 4. The minimum Gasteiger partial charge on any atom is -0.338 e.